The molecule has 1 rings (SSSR count). The second kappa shape index (κ2) is 6.92. The maximum Gasteiger partial charge on any atom is 0.323 e. The highest BCUT2D eigenvalue weighted by Crippen LogP contribution is 2.15. The number of hydrogen-bond donors (Lipinski definition) is 1. The highest BCUT2D eigenvalue weighted by molar-refractivity contribution is 5.76. The van der Waals surface area contributed by atoms with Crippen LogP contribution in [-0.4, -0.2) is 59.6 Å². The summed E-state index contributed by atoms with van der Waals surface area (Å²) < 4.78 is 5.47. The van der Waals surface area contributed by atoms with Crippen molar-refractivity contribution in [2.24, 2.45) is 5.73 Å². The standard InChI is InChI=1S/C14H27N3O3/c1-5-11(12(18)20-14(2,3)4)16-7-6-8-17(10-9-16)13(15)19/h11H,5-10H2,1-4H3,(H2,15,19)/t11-/m0/s1. The van der Waals surface area contributed by atoms with Crippen LogP contribution >= 0.6 is 0 Å². The summed E-state index contributed by atoms with van der Waals surface area (Å²) in [5, 5.41) is 0. The maximum absolute atomic E-state index is 12.2. The van der Waals surface area contributed by atoms with Crippen molar-refractivity contribution in [3.63, 3.8) is 0 Å². The Hall–Kier alpha value is -1.30. The summed E-state index contributed by atoms with van der Waals surface area (Å²) in [5.74, 6) is -0.187. The number of urea groups is 1. The highest BCUT2D eigenvalue weighted by atomic mass is 16.6. The fourth-order valence-corrected chi connectivity index (χ4v) is 2.41. The van der Waals surface area contributed by atoms with Gasteiger partial charge in [-0.25, -0.2) is 4.79 Å². The molecule has 1 aliphatic heterocycles. The molecule has 2 amide bonds. The summed E-state index contributed by atoms with van der Waals surface area (Å²) in [5.41, 5.74) is 4.83. The first kappa shape index (κ1) is 16.8. The Balaban J connectivity index is 2.65. The fourth-order valence-electron chi connectivity index (χ4n) is 2.41. The summed E-state index contributed by atoms with van der Waals surface area (Å²) in [6.07, 6.45) is 1.52. The number of nitrogens with zero attached hydrogens (tertiary/aromatic N) is 2. The molecule has 1 heterocycles. The molecular formula is C14H27N3O3. The Morgan fingerprint density at radius 2 is 1.85 bits per heavy atom. The monoisotopic (exact) mass is 285 g/mol. The maximum atomic E-state index is 12.2. The van der Waals surface area contributed by atoms with E-state index in [0.29, 0.717) is 26.1 Å². The zero-order valence-corrected chi connectivity index (χ0v) is 13.0. The van der Waals surface area contributed by atoms with E-state index in [0.717, 1.165) is 13.0 Å². The zero-order chi connectivity index (χ0) is 15.3. The third-order valence-corrected chi connectivity index (χ3v) is 3.35. The quantitative estimate of drug-likeness (QED) is 0.790. The molecule has 1 saturated heterocycles. The SMILES string of the molecule is CC[C@@H](C(=O)OC(C)(C)C)N1CCCN(C(N)=O)CC1. The summed E-state index contributed by atoms with van der Waals surface area (Å²) in [7, 11) is 0. The predicted octanol–water partition coefficient (Wildman–Crippen LogP) is 1.19. The molecule has 1 aliphatic rings. The molecule has 6 nitrogen and oxygen atoms in total. The van der Waals surface area contributed by atoms with Crippen LogP contribution in [0.1, 0.15) is 40.5 Å². The lowest BCUT2D eigenvalue weighted by molar-refractivity contribution is -0.161. The van der Waals surface area contributed by atoms with Gasteiger partial charge in [0.1, 0.15) is 11.6 Å². The number of amides is 2. The van der Waals surface area contributed by atoms with E-state index in [9.17, 15) is 9.59 Å². The van der Waals surface area contributed by atoms with Crippen LogP contribution in [0.2, 0.25) is 0 Å². The molecule has 1 fully saturated rings. The second-order valence-electron chi connectivity index (χ2n) is 6.17. The Morgan fingerprint density at radius 3 is 2.35 bits per heavy atom. The Morgan fingerprint density at radius 1 is 1.20 bits per heavy atom. The smallest absolute Gasteiger partial charge is 0.323 e. The number of primary amides is 1. The minimum atomic E-state index is -0.477. The average molecular weight is 285 g/mol. The lowest BCUT2D eigenvalue weighted by atomic mass is 10.1. The van der Waals surface area contributed by atoms with Gasteiger partial charge in [0, 0.05) is 26.2 Å². The van der Waals surface area contributed by atoms with E-state index in [1.54, 1.807) is 4.90 Å². The molecular weight excluding hydrogens is 258 g/mol. The third-order valence-electron chi connectivity index (χ3n) is 3.35. The van der Waals surface area contributed by atoms with Crippen LogP contribution < -0.4 is 5.73 Å². The van der Waals surface area contributed by atoms with Gasteiger partial charge in [-0.3, -0.25) is 9.69 Å². The van der Waals surface area contributed by atoms with Crippen LogP contribution in [0.5, 0.6) is 0 Å². The van der Waals surface area contributed by atoms with Gasteiger partial charge in [0.25, 0.3) is 0 Å². The van der Waals surface area contributed by atoms with E-state index in [4.69, 9.17) is 10.5 Å². The number of carbonyl (C=O) groups is 2. The van der Waals surface area contributed by atoms with Crippen LogP contribution in [0.3, 0.4) is 0 Å². The van der Waals surface area contributed by atoms with Crippen molar-refractivity contribution < 1.29 is 14.3 Å². The van der Waals surface area contributed by atoms with Gasteiger partial charge in [-0.05, 0) is 33.6 Å². The van der Waals surface area contributed by atoms with Crippen molar-refractivity contribution in [3.05, 3.63) is 0 Å². The first-order valence-electron chi connectivity index (χ1n) is 7.26. The number of rotatable bonds is 3. The number of hydrogen-bond acceptors (Lipinski definition) is 4. The molecule has 116 valence electrons. The predicted molar refractivity (Wildman–Crippen MR) is 77.3 cm³/mol. The summed E-state index contributed by atoms with van der Waals surface area (Å²) in [6, 6.07) is -0.640. The Kier molecular flexibility index (Phi) is 5.80. The van der Waals surface area contributed by atoms with Gasteiger partial charge in [-0.2, -0.15) is 0 Å². The molecule has 0 radical (unpaired) electrons. The van der Waals surface area contributed by atoms with Crippen molar-refractivity contribution in [1.82, 2.24) is 9.80 Å². The van der Waals surface area contributed by atoms with Crippen LogP contribution in [0.25, 0.3) is 0 Å². The van der Waals surface area contributed by atoms with Gasteiger partial charge in [-0.1, -0.05) is 6.92 Å². The molecule has 0 aromatic carbocycles. The summed E-state index contributed by atoms with van der Waals surface area (Å²) >= 11 is 0. The van der Waals surface area contributed by atoms with Crippen molar-refractivity contribution in [3.8, 4) is 0 Å². The van der Waals surface area contributed by atoms with E-state index >= 15 is 0 Å². The van der Waals surface area contributed by atoms with Gasteiger partial charge in [0.05, 0.1) is 0 Å². The summed E-state index contributed by atoms with van der Waals surface area (Å²) in [4.78, 5) is 27.2. The Bertz CT molecular complexity index is 352. The molecule has 20 heavy (non-hydrogen) atoms. The minimum absolute atomic E-state index is 0.187. The van der Waals surface area contributed by atoms with Gasteiger partial charge < -0.3 is 15.4 Å². The lowest BCUT2D eigenvalue weighted by Crippen LogP contribution is -2.46. The first-order valence-corrected chi connectivity index (χ1v) is 7.26. The van der Waals surface area contributed by atoms with Crippen LogP contribution in [0.15, 0.2) is 0 Å². The molecule has 0 unspecified atom stereocenters. The topological polar surface area (TPSA) is 75.9 Å². The van der Waals surface area contributed by atoms with Crippen molar-refractivity contribution in [2.75, 3.05) is 26.2 Å². The van der Waals surface area contributed by atoms with Gasteiger partial charge in [0.2, 0.25) is 0 Å². The van der Waals surface area contributed by atoms with Crippen LogP contribution in [0, 0.1) is 0 Å². The van der Waals surface area contributed by atoms with Gasteiger partial charge >= 0.3 is 12.0 Å². The van der Waals surface area contributed by atoms with Gasteiger partial charge in [0.15, 0.2) is 0 Å². The Labute approximate surface area is 121 Å². The van der Waals surface area contributed by atoms with E-state index in [-0.39, 0.29) is 12.0 Å². The van der Waals surface area contributed by atoms with E-state index < -0.39 is 11.6 Å². The average Bonchev–Trinajstić information content (AvgIpc) is 2.53. The molecule has 0 spiro atoms. The minimum Gasteiger partial charge on any atom is -0.459 e. The number of esters is 1. The summed E-state index contributed by atoms with van der Waals surface area (Å²) in [6.45, 7) is 10.2. The number of carbonyl (C=O) groups excluding carboxylic acids is 2. The van der Waals surface area contributed by atoms with Crippen LogP contribution in [-0.2, 0) is 9.53 Å². The number of nitrogens with two attached hydrogens (primary N) is 1. The first-order chi connectivity index (χ1) is 9.24. The van der Waals surface area contributed by atoms with E-state index in [2.05, 4.69) is 4.90 Å². The normalized spacial score (nSPS) is 19.3. The molecule has 0 aromatic heterocycles. The molecule has 0 saturated carbocycles. The van der Waals surface area contributed by atoms with Crippen molar-refractivity contribution in [2.45, 2.75) is 52.2 Å². The molecule has 1 atom stereocenters. The van der Waals surface area contributed by atoms with Crippen molar-refractivity contribution in [1.29, 1.82) is 0 Å². The van der Waals surface area contributed by atoms with E-state index in [1.807, 2.05) is 27.7 Å². The fraction of sp³-hybridized carbons (Fsp3) is 0.857. The molecule has 0 bridgehead atoms. The van der Waals surface area contributed by atoms with Crippen molar-refractivity contribution >= 4 is 12.0 Å². The zero-order valence-electron chi connectivity index (χ0n) is 13.0. The van der Waals surface area contributed by atoms with Crippen LogP contribution in [0.4, 0.5) is 4.79 Å². The molecule has 0 aliphatic carbocycles. The molecule has 2 N–H and O–H groups in total. The molecule has 0 aromatic rings. The number of ether oxygens (including phenoxy) is 1. The highest BCUT2D eigenvalue weighted by Gasteiger charge is 2.30. The largest absolute Gasteiger partial charge is 0.459 e. The lowest BCUT2D eigenvalue weighted by Gasteiger charge is -2.31. The third kappa shape index (κ3) is 5.00. The van der Waals surface area contributed by atoms with E-state index in [1.165, 1.54) is 0 Å². The molecule has 6 heteroatoms. The second-order valence-corrected chi connectivity index (χ2v) is 6.17. The van der Waals surface area contributed by atoms with Gasteiger partial charge in [-0.15, -0.1) is 0 Å².